The number of halogens is 3. The molecule has 0 aliphatic carbocycles. The number of carbonyl (C=O) groups is 1. The molecule has 1 unspecified atom stereocenters. The van der Waals surface area contributed by atoms with Crippen LogP contribution in [0.2, 0.25) is 0 Å². The van der Waals surface area contributed by atoms with Crippen LogP contribution in [0.4, 0.5) is 13.2 Å². The quantitative estimate of drug-likeness (QED) is 0.814. The van der Waals surface area contributed by atoms with Crippen molar-refractivity contribution in [2.45, 2.75) is 19.1 Å². The fourth-order valence-corrected chi connectivity index (χ4v) is 2.02. The van der Waals surface area contributed by atoms with Gasteiger partial charge in [0.05, 0.1) is 18.7 Å². The number of benzene rings is 1. The number of nitrogens with zero attached hydrogens (tertiary/aromatic N) is 3. The molecule has 23 heavy (non-hydrogen) atoms. The molecule has 1 atom stereocenters. The lowest BCUT2D eigenvalue weighted by Gasteiger charge is -2.14. The van der Waals surface area contributed by atoms with Gasteiger partial charge in [0.2, 0.25) is 0 Å². The maximum Gasteiger partial charge on any atom is 0.434 e. The summed E-state index contributed by atoms with van der Waals surface area (Å²) in [5.41, 5.74) is -0.383. The predicted molar refractivity (Wildman–Crippen MR) is 74.1 cm³/mol. The van der Waals surface area contributed by atoms with Crippen LogP contribution in [0.25, 0.3) is 11.4 Å². The Morgan fingerprint density at radius 2 is 1.96 bits per heavy atom. The molecule has 8 heteroatoms. The van der Waals surface area contributed by atoms with Crippen LogP contribution in [0.15, 0.2) is 30.5 Å². The lowest BCUT2D eigenvalue weighted by atomic mass is 10.1. The maximum atomic E-state index is 12.9. The molecule has 0 fully saturated rings. The van der Waals surface area contributed by atoms with Crippen molar-refractivity contribution < 1.29 is 22.7 Å². The smallest absolute Gasteiger partial charge is 0.434 e. The van der Waals surface area contributed by atoms with E-state index in [-0.39, 0.29) is 5.82 Å². The minimum absolute atomic E-state index is 0.0280. The van der Waals surface area contributed by atoms with Crippen molar-refractivity contribution in [1.29, 1.82) is 5.26 Å². The van der Waals surface area contributed by atoms with E-state index in [1.54, 1.807) is 0 Å². The fraction of sp³-hybridized carbons (Fsp3) is 0.267. The number of rotatable bonds is 3. The molecular weight excluding hydrogens is 311 g/mol. The molecule has 2 rings (SSSR count). The summed E-state index contributed by atoms with van der Waals surface area (Å²) in [5, 5.41) is 8.78. The first-order valence-electron chi connectivity index (χ1n) is 6.52. The predicted octanol–water partition coefficient (Wildman–Crippen LogP) is 3.17. The van der Waals surface area contributed by atoms with Crippen molar-refractivity contribution in [1.82, 2.24) is 9.55 Å². The van der Waals surface area contributed by atoms with E-state index < -0.39 is 23.9 Å². The summed E-state index contributed by atoms with van der Waals surface area (Å²) in [6.07, 6.45) is -3.86. The Labute approximate surface area is 129 Å². The van der Waals surface area contributed by atoms with Crippen molar-refractivity contribution in [3.8, 4) is 17.5 Å². The van der Waals surface area contributed by atoms with E-state index in [2.05, 4.69) is 9.72 Å². The summed E-state index contributed by atoms with van der Waals surface area (Å²) in [7, 11) is 1.15. The van der Waals surface area contributed by atoms with E-state index >= 15 is 0 Å². The van der Waals surface area contributed by atoms with Crippen LogP contribution in [-0.2, 0) is 15.7 Å². The Morgan fingerprint density at radius 1 is 1.35 bits per heavy atom. The summed E-state index contributed by atoms with van der Waals surface area (Å²) in [5.74, 6) is -0.717. The second-order valence-electron chi connectivity index (χ2n) is 4.74. The minimum Gasteiger partial charge on any atom is -0.467 e. The molecule has 0 saturated heterocycles. The number of ether oxygens (including phenoxy) is 1. The summed E-state index contributed by atoms with van der Waals surface area (Å²) >= 11 is 0. The number of hydrogen-bond acceptors (Lipinski definition) is 4. The molecular formula is C15H12F3N3O2. The Balaban J connectivity index is 2.57. The zero-order chi connectivity index (χ0) is 17.2. The first-order chi connectivity index (χ1) is 10.8. The van der Waals surface area contributed by atoms with Gasteiger partial charge in [-0.1, -0.05) is 0 Å². The van der Waals surface area contributed by atoms with Crippen LogP contribution >= 0.6 is 0 Å². The fourth-order valence-electron chi connectivity index (χ4n) is 2.02. The highest BCUT2D eigenvalue weighted by molar-refractivity contribution is 5.75. The number of aromatic nitrogens is 2. The SMILES string of the molecule is COC(=O)C(C)n1cc(C(F)(F)F)nc1-c1ccc(C#N)cc1. The highest BCUT2D eigenvalue weighted by atomic mass is 19.4. The van der Waals surface area contributed by atoms with Gasteiger partial charge in [-0.05, 0) is 31.2 Å². The largest absolute Gasteiger partial charge is 0.467 e. The average Bonchev–Trinajstić information content (AvgIpc) is 2.98. The van der Waals surface area contributed by atoms with Gasteiger partial charge in [-0.15, -0.1) is 0 Å². The van der Waals surface area contributed by atoms with Crippen molar-refractivity contribution in [3.63, 3.8) is 0 Å². The highest BCUT2D eigenvalue weighted by Gasteiger charge is 2.36. The van der Waals surface area contributed by atoms with E-state index in [1.807, 2.05) is 6.07 Å². The van der Waals surface area contributed by atoms with Gasteiger partial charge in [-0.2, -0.15) is 18.4 Å². The van der Waals surface area contributed by atoms with Crippen LogP contribution in [0.3, 0.4) is 0 Å². The molecule has 1 heterocycles. The zero-order valence-electron chi connectivity index (χ0n) is 12.3. The van der Waals surface area contributed by atoms with Crippen LogP contribution < -0.4 is 0 Å². The molecule has 0 bridgehead atoms. The van der Waals surface area contributed by atoms with Gasteiger partial charge in [0, 0.05) is 11.8 Å². The van der Waals surface area contributed by atoms with Gasteiger partial charge >= 0.3 is 12.1 Å². The van der Waals surface area contributed by atoms with Gasteiger partial charge in [0.1, 0.15) is 11.9 Å². The number of nitriles is 1. The number of alkyl halides is 3. The van der Waals surface area contributed by atoms with Gasteiger partial charge in [0.25, 0.3) is 0 Å². The van der Waals surface area contributed by atoms with E-state index in [4.69, 9.17) is 5.26 Å². The Morgan fingerprint density at radius 3 is 2.43 bits per heavy atom. The summed E-state index contributed by atoms with van der Waals surface area (Å²) in [6.45, 7) is 1.42. The van der Waals surface area contributed by atoms with Crippen LogP contribution in [0.1, 0.15) is 24.2 Å². The Bertz CT molecular complexity index is 758. The number of methoxy groups -OCH3 is 1. The second kappa shape index (κ2) is 6.12. The maximum absolute atomic E-state index is 12.9. The van der Waals surface area contributed by atoms with Crippen LogP contribution in [0, 0.1) is 11.3 Å². The van der Waals surface area contributed by atoms with Crippen molar-refractivity contribution >= 4 is 5.97 Å². The number of imidazole rings is 1. The van der Waals surface area contributed by atoms with Crippen LogP contribution in [-0.4, -0.2) is 22.6 Å². The molecule has 5 nitrogen and oxygen atoms in total. The average molecular weight is 323 g/mol. The molecule has 0 amide bonds. The van der Waals surface area contributed by atoms with E-state index in [0.717, 1.165) is 17.9 Å². The summed E-state index contributed by atoms with van der Waals surface area (Å²) in [6, 6.07) is 6.81. The third-order valence-electron chi connectivity index (χ3n) is 3.25. The Kier molecular flexibility index (Phi) is 4.40. The van der Waals surface area contributed by atoms with Crippen molar-refractivity contribution in [2.24, 2.45) is 0 Å². The number of esters is 1. The van der Waals surface area contributed by atoms with Crippen molar-refractivity contribution in [3.05, 3.63) is 41.7 Å². The number of hydrogen-bond donors (Lipinski definition) is 0. The molecule has 120 valence electrons. The van der Waals surface area contributed by atoms with E-state index in [1.165, 1.54) is 31.2 Å². The topological polar surface area (TPSA) is 67.9 Å². The van der Waals surface area contributed by atoms with Gasteiger partial charge in [0.15, 0.2) is 5.69 Å². The third-order valence-corrected chi connectivity index (χ3v) is 3.25. The third kappa shape index (κ3) is 3.34. The Hall–Kier alpha value is -2.82. The van der Waals surface area contributed by atoms with Gasteiger partial charge in [-0.25, -0.2) is 9.78 Å². The molecule has 0 saturated carbocycles. The van der Waals surface area contributed by atoms with Gasteiger partial charge < -0.3 is 9.30 Å². The molecule has 0 aliphatic heterocycles. The minimum atomic E-state index is -4.64. The van der Waals surface area contributed by atoms with Gasteiger partial charge in [-0.3, -0.25) is 0 Å². The van der Waals surface area contributed by atoms with E-state index in [9.17, 15) is 18.0 Å². The molecule has 0 aliphatic rings. The molecule has 1 aromatic heterocycles. The van der Waals surface area contributed by atoms with Crippen LogP contribution in [0.5, 0.6) is 0 Å². The second-order valence-corrected chi connectivity index (χ2v) is 4.74. The monoisotopic (exact) mass is 323 g/mol. The summed E-state index contributed by atoms with van der Waals surface area (Å²) in [4.78, 5) is 15.3. The summed E-state index contributed by atoms with van der Waals surface area (Å²) < 4.78 is 44.5. The lowest BCUT2D eigenvalue weighted by Crippen LogP contribution is -2.18. The van der Waals surface area contributed by atoms with Crippen molar-refractivity contribution in [2.75, 3.05) is 7.11 Å². The molecule has 0 N–H and O–H groups in total. The molecule has 0 spiro atoms. The molecule has 0 radical (unpaired) electrons. The molecule has 1 aromatic carbocycles. The zero-order valence-corrected chi connectivity index (χ0v) is 12.3. The lowest BCUT2D eigenvalue weighted by molar-refractivity contribution is -0.144. The first kappa shape index (κ1) is 16.5. The van der Waals surface area contributed by atoms with E-state index in [0.29, 0.717) is 11.1 Å². The first-order valence-corrected chi connectivity index (χ1v) is 6.52. The number of carbonyl (C=O) groups excluding carboxylic acids is 1. The molecule has 2 aromatic rings. The normalized spacial score (nSPS) is 12.5. The highest BCUT2D eigenvalue weighted by Crippen LogP contribution is 2.32. The standard InChI is InChI=1S/C15H12F3N3O2/c1-9(14(22)23-2)21-8-12(15(16,17)18)20-13(21)11-5-3-10(7-19)4-6-11/h3-6,8-9H,1-2H3.